The fourth-order valence-corrected chi connectivity index (χ4v) is 2.76. The zero-order valence-corrected chi connectivity index (χ0v) is 14.8. The topological polar surface area (TPSA) is 176 Å². The maximum atomic E-state index is 12.8. The van der Waals surface area contributed by atoms with Gasteiger partial charge in [0.15, 0.2) is 0 Å². The molecular formula is C15H22N6O6. The van der Waals surface area contributed by atoms with Crippen molar-refractivity contribution >= 4 is 35.6 Å². The molecule has 0 aromatic rings. The van der Waals surface area contributed by atoms with Crippen molar-refractivity contribution in [1.82, 2.24) is 20.0 Å². The van der Waals surface area contributed by atoms with Gasteiger partial charge in [0.25, 0.3) is 0 Å². The van der Waals surface area contributed by atoms with Crippen LogP contribution < -0.4 is 16.8 Å². The van der Waals surface area contributed by atoms with E-state index >= 15 is 0 Å². The molecule has 0 saturated carbocycles. The summed E-state index contributed by atoms with van der Waals surface area (Å²) in [5.74, 6) is -4.10. The zero-order valence-electron chi connectivity index (χ0n) is 14.8. The van der Waals surface area contributed by atoms with Crippen molar-refractivity contribution in [3.05, 3.63) is 0 Å². The number of carbonyl (C=O) groups is 6. The summed E-state index contributed by atoms with van der Waals surface area (Å²) in [5, 5.41) is 2.40. The first kappa shape index (κ1) is 20.3. The monoisotopic (exact) mass is 382 g/mol. The molecule has 2 fully saturated rings. The molecule has 0 radical (unpaired) electrons. The Morgan fingerprint density at radius 1 is 1.22 bits per heavy atom. The third-order valence-corrected chi connectivity index (χ3v) is 4.47. The van der Waals surface area contributed by atoms with Gasteiger partial charge in [-0.1, -0.05) is 0 Å². The number of hydrogen-bond donors (Lipinski definition) is 3. The first-order valence-corrected chi connectivity index (χ1v) is 8.48. The molecule has 12 nitrogen and oxygen atoms in total. The maximum Gasteiger partial charge on any atom is 0.334 e. The van der Waals surface area contributed by atoms with Crippen LogP contribution in [0.5, 0.6) is 0 Å². The van der Waals surface area contributed by atoms with E-state index in [1.54, 1.807) is 6.92 Å². The van der Waals surface area contributed by atoms with Gasteiger partial charge >= 0.3 is 17.8 Å². The van der Waals surface area contributed by atoms with Gasteiger partial charge in [0.2, 0.25) is 17.7 Å². The molecule has 27 heavy (non-hydrogen) atoms. The number of nitrogens with two attached hydrogens (primary N) is 2. The molecule has 0 aromatic heterocycles. The minimum Gasteiger partial charge on any atom is -0.370 e. The number of urea groups is 1. The van der Waals surface area contributed by atoms with Crippen LogP contribution in [-0.4, -0.2) is 88.5 Å². The van der Waals surface area contributed by atoms with Crippen molar-refractivity contribution in [1.29, 1.82) is 0 Å². The third kappa shape index (κ3) is 4.05. The van der Waals surface area contributed by atoms with Crippen molar-refractivity contribution in [3.63, 3.8) is 0 Å². The number of nitrogens with zero attached hydrogens (tertiary/aromatic N) is 3. The van der Waals surface area contributed by atoms with E-state index in [2.05, 4.69) is 5.32 Å². The standard InChI is InChI=1S/C15H22N6O6/c1-2-19-5-6-20(14(26)13(19)25)15(27)21(9-7-18-11(9)23)12(24)8(16)3-4-10(17)22/h8-9H,2-7,16H2,1H3,(H2,17,22)(H,18,23)/t8-,9?/m0/s1. The summed E-state index contributed by atoms with van der Waals surface area (Å²) in [6.45, 7) is 2.02. The molecule has 1 unspecified atom stereocenters. The normalized spacial score (nSPS) is 20.7. The second-order valence-corrected chi connectivity index (χ2v) is 6.20. The summed E-state index contributed by atoms with van der Waals surface area (Å²) in [7, 11) is 0. The van der Waals surface area contributed by atoms with Gasteiger partial charge in [-0.15, -0.1) is 0 Å². The van der Waals surface area contributed by atoms with Crippen LogP contribution in [0.3, 0.4) is 0 Å². The molecule has 148 valence electrons. The average Bonchev–Trinajstić information content (AvgIpc) is 2.63. The lowest BCUT2D eigenvalue weighted by Gasteiger charge is -2.40. The van der Waals surface area contributed by atoms with Crippen molar-refractivity contribution in [2.45, 2.75) is 31.8 Å². The average molecular weight is 382 g/mol. The number of rotatable bonds is 6. The predicted octanol–water partition coefficient (Wildman–Crippen LogP) is -3.28. The van der Waals surface area contributed by atoms with Crippen LogP contribution >= 0.6 is 0 Å². The number of amides is 7. The van der Waals surface area contributed by atoms with E-state index in [4.69, 9.17) is 11.5 Å². The number of carbonyl (C=O) groups excluding carboxylic acids is 6. The lowest BCUT2D eigenvalue weighted by atomic mass is 10.1. The van der Waals surface area contributed by atoms with E-state index < -0.39 is 47.7 Å². The highest BCUT2D eigenvalue weighted by molar-refractivity contribution is 6.38. The Balaban J connectivity index is 2.21. The van der Waals surface area contributed by atoms with Crippen LogP contribution in [0.25, 0.3) is 0 Å². The van der Waals surface area contributed by atoms with E-state index in [0.29, 0.717) is 16.3 Å². The fourth-order valence-electron chi connectivity index (χ4n) is 2.76. The fraction of sp³-hybridized carbons (Fsp3) is 0.600. The first-order valence-electron chi connectivity index (χ1n) is 8.48. The number of likely N-dealkylation sites (N-methyl/N-ethyl adjacent to an activating group) is 1. The Morgan fingerprint density at radius 3 is 2.37 bits per heavy atom. The van der Waals surface area contributed by atoms with Crippen LogP contribution in [0.15, 0.2) is 0 Å². The molecule has 0 aromatic carbocycles. The van der Waals surface area contributed by atoms with Gasteiger partial charge in [-0.05, 0) is 13.3 Å². The molecule has 0 aliphatic carbocycles. The van der Waals surface area contributed by atoms with Gasteiger partial charge in [0.1, 0.15) is 6.04 Å². The highest BCUT2D eigenvalue weighted by Gasteiger charge is 2.46. The van der Waals surface area contributed by atoms with E-state index in [9.17, 15) is 28.8 Å². The van der Waals surface area contributed by atoms with Gasteiger partial charge in [-0.25, -0.2) is 9.69 Å². The van der Waals surface area contributed by atoms with E-state index in [1.165, 1.54) is 4.90 Å². The number of primary amides is 1. The molecule has 2 rings (SSSR count). The maximum absolute atomic E-state index is 12.8. The van der Waals surface area contributed by atoms with Gasteiger partial charge in [0, 0.05) is 32.6 Å². The van der Waals surface area contributed by atoms with E-state index in [0.717, 1.165) is 0 Å². The van der Waals surface area contributed by atoms with Crippen LogP contribution in [0.4, 0.5) is 4.79 Å². The second kappa shape index (κ2) is 8.12. The minimum atomic E-state index is -1.27. The number of imide groups is 2. The molecule has 12 heteroatoms. The summed E-state index contributed by atoms with van der Waals surface area (Å²) < 4.78 is 0. The summed E-state index contributed by atoms with van der Waals surface area (Å²) in [6, 6.07) is -3.47. The summed E-state index contributed by atoms with van der Waals surface area (Å²) in [4.78, 5) is 74.9. The minimum absolute atomic E-state index is 0.00984. The van der Waals surface area contributed by atoms with Crippen LogP contribution in [0.2, 0.25) is 0 Å². The summed E-state index contributed by atoms with van der Waals surface area (Å²) in [5.41, 5.74) is 10.8. The third-order valence-electron chi connectivity index (χ3n) is 4.47. The van der Waals surface area contributed by atoms with Gasteiger partial charge in [-0.3, -0.25) is 28.9 Å². The Bertz CT molecular complexity index is 694. The Morgan fingerprint density at radius 2 is 1.89 bits per heavy atom. The molecule has 0 bridgehead atoms. The van der Waals surface area contributed by atoms with Crippen LogP contribution in [0, 0.1) is 0 Å². The van der Waals surface area contributed by atoms with E-state index in [-0.39, 0.29) is 32.5 Å². The lowest BCUT2D eigenvalue weighted by molar-refractivity contribution is -0.155. The number of piperazine rings is 1. The van der Waals surface area contributed by atoms with Crippen molar-refractivity contribution in [2.75, 3.05) is 26.2 Å². The Labute approximate surface area is 154 Å². The van der Waals surface area contributed by atoms with Crippen molar-refractivity contribution < 1.29 is 28.8 Å². The van der Waals surface area contributed by atoms with E-state index in [1.807, 2.05) is 0 Å². The molecule has 7 amide bonds. The first-order chi connectivity index (χ1) is 12.7. The highest BCUT2D eigenvalue weighted by atomic mass is 16.2. The lowest BCUT2D eigenvalue weighted by Crippen LogP contribution is -2.70. The molecule has 2 atom stereocenters. The molecular weight excluding hydrogens is 360 g/mol. The Hall–Kier alpha value is -3.02. The number of nitrogens with one attached hydrogen (secondary N) is 1. The summed E-state index contributed by atoms with van der Waals surface area (Å²) >= 11 is 0. The molecule has 5 N–H and O–H groups in total. The zero-order chi connectivity index (χ0) is 20.3. The number of β-lactam (4-membered cyclic amide) rings is 1. The quantitative estimate of drug-likeness (QED) is 0.318. The molecule has 2 aliphatic heterocycles. The molecule has 2 heterocycles. The molecule has 0 spiro atoms. The largest absolute Gasteiger partial charge is 0.370 e. The van der Waals surface area contributed by atoms with Crippen LogP contribution in [0.1, 0.15) is 19.8 Å². The molecule has 2 saturated heterocycles. The second-order valence-electron chi connectivity index (χ2n) is 6.20. The van der Waals surface area contributed by atoms with Crippen molar-refractivity contribution in [3.8, 4) is 0 Å². The SMILES string of the molecule is CCN1CCN(C(=O)N(C(=O)[C@@H](N)CCC(N)=O)C2CNC2=O)C(=O)C1=O. The molecule has 2 aliphatic rings. The van der Waals surface area contributed by atoms with Crippen LogP contribution in [-0.2, 0) is 24.0 Å². The summed E-state index contributed by atoms with van der Waals surface area (Å²) in [6.07, 6.45) is -0.304. The van der Waals surface area contributed by atoms with Gasteiger partial charge in [-0.2, -0.15) is 0 Å². The number of hydrogen-bond acceptors (Lipinski definition) is 7. The smallest absolute Gasteiger partial charge is 0.334 e. The highest BCUT2D eigenvalue weighted by Crippen LogP contribution is 2.16. The van der Waals surface area contributed by atoms with Crippen molar-refractivity contribution in [2.24, 2.45) is 11.5 Å². The Kier molecular flexibility index (Phi) is 6.10. The van der Waals surface area contributed by atoms with Gasteiger partial charge < -0.3 is 21.7 Å². The predicted molar refractivity (Wildman–Crippen MR) is 89.4 cm³/mol. The van der Waals surface area contributed by atoms with Gasteiger partial charge in [0.05, 0.1) is 6.04 Å².